The number of hydrogen-bond acceptors (Lipinski definition) is 3. The molecular weight excluding hydrogens is 434 g/mol. The Morgan fingerprint density at radius 1 is 1.00 bits per heavy atom. The number of rotatable bonds is 3. The highest BCUT2D eigenvalue weighted by molar-refractivity contribution is 14.1. The summed E-state index contributed by atoms with van der Waals surface area (Å²) in [6, 6.07) is 12.7. The highest BCUT2D eigenvalue weighted by Crippen LogP contribution is 2.30. The van der Waals surface area contributed by atoms with Gasteiger partial charge < -0.3 is 5.32 Å². The first-order valence-corrected chi connectivity index (χ1v) is 8.00. The van der Waals surface area contributed by atoms with Crippen LogP contribution in [0.2, 0.25) is 0 Å². The molecule has 116 valence electrons. The Morgan fingerprint density at radius 2 is 1.65 bits per heavy atom. The lowest BCUT2D eigenvalue weighted by Gasteiger charge is -2.15. The van der Waals surface area contributed by atoms with E-state index in [1.54, 1.807) is 30.3 Å². The van der Waals surface area contributed by atoms with Crippen LogP contribution in [0.5, 0.6) is 0 Å². The van der Waals surface area contributed by atoms with E-state index in [1.165, 1.54) is 18.2 Å². The number of nitrogens with one attached hydrogen (secondary N) is 1. The first-order valence-electron chi connectivity index (χ1n) is 6.54. The summed E-state index contributed by atoms with van der Waals surface area (Å²) < 4.78 is 14.7. The van der Waals surface area contributed by atoms with Crippen LogP contribution in [0.25, 0.3) is 0 Å². The van der Waals surface area contributed by atoms with Crippen LogP contribution in [0.1, 0.15) is 0 Å². The molecule has 0 atom stereocenters. The second-order valence-corrected chi connectivity index (χ2v) is 6.34. The van der Waals surface area contributed by atoms with E-state index < -0.39 is 17.6 Å². The Hall–Kier alpha value is -1.93. The zero-order valence-electron chi connectivity index (χ0n) is 11.5. The summed E-state index contributed by atoms with van der Waals surface area (Å²) in [5.74, 6) is -1.81. The van der Waals surface area contributed by atoms with Crippen molar-refractivity contribution in [2.45, 2.75) is 0 Å². The topological polar surface area (TPSA) is 49.4 Å². The molecule has 0 saturated carbocycles. The predicted molar refractivity (Wildman–Crippen MR) is 94.6 cm³/mol. The summed E-state index contributed by atoms with van der Waals surface area (Å²) in [7, 11) is 0. The number of para-hydroxylation sites is 1. The van der Waals surface area contributed by atoms with E-state index in [0.29, 0.717) is 5.69 Å². The maximum absolute atomic E-state index is 13.7. The lowest BCUT2D eigenvalue weighted by molar-refractivity contribution is -0.120. The number of imide groups is 1. The van der Waals surface area contributed by atoms with Gasteiger partial charge >= 0.3 is 0 Å². The summed E-state index contributed by atoms with van der Waals surface area (Å²) in [6.45, 7) is 0. The SMILES string of the molecule is O=C1C(Cl)=C(Nc2ccccc2F)C(=O)N1c1ccc(I)cc1. The van der Waals surface area contributed by atoms with Crippen molar-refractivity contribution in [2.75, 3.05) is 10.2 Å². The second kappa shape index (κ2) is 6.29. The molecule has 1 heterocycles. The molecule has 1 aliphatic heterocycles. The standard InChI is InChI=1S/C16H9ClFIN2O2/c17-13-14(20-12-4-2-1-3-11(12)18)16(23)21(15(13)22)10-7-5-9(19)6-8-10/h1-8,20H. The van der Waals surface area contributed by atoms with Crippen LogP contribution < -0.4 is 10.2 Å². The number of carbonyl (C=O) groups is 2. The molecule has 23 heavy (non-hydrogen) atoms. The van der Waals surface area contributed by atoms with Crippen LogP contribution in [0, 0.1) is 9.39 Å². The molecule has 0 unspecified atom stereocenters. The fraction of sp³-hybridized carbons (Fsp3) is 0. The average Bonchev–Trinajstić information content (AvgIpc) is 2.74. The van der Waals surface area contributed by atoms with E-state index in [4.69, 9.17) is 11.6 Å². The van der Waals surface area contributed by atoms with Gasteiger partial charge in [-0.3, -0.25) is 9.59 Å². The molecule has 3 rings (SSSR count). The molecule has 4 nitrogen and oxygen atoms in total. The Labute approximate surface area is 150 Å². The van der Waals surface area contributed by atoms with E-state index in [-0.39, 0.29) is 16.4 Å². The van der Waals surface area contributed by atoms with Gasteiger partial charge in [-0.2, -0.15) is 0 Å². The molecular formula is C16H9ClFIN2O2. The quantitative estimate of drug-likeness (QED) is 0.580. The number of amides is 2. The summed E-state index contributed by atoms with van der Waals surface area (Å²) in [4.78, 5) is 25.7. The van der Waals surface area contributed by atoms with Gasteiger partial charge in [0.1, 0.15) is 16.5 Å². The molecule has 0 radical (unpaired) electrons. The van der Waals surface area contributed by atoms with Gasteiger partial charge in [-0.25, -0.2) is 9.29 Å². The molecule has 0 aliphatic carbocycles. The smallest absolute Gasteiger partial charge is 0.283 e. The average molecular weight is 443 g/mol. The molecule has 0 aromatic heterocycles. The van der Waals surface area contributed by atoms with E-state index in [1.807, 2.05) is 0 Å². The second-order valence-electron chi connectivity index (χ2n) is 4.72. The van der Waals surface area contributed by atoms with E-state index in [9.17, 15) is 14.0 Å². The van der Waals surface area contributed by atoms with Gasteiger partial charge in [-0.1, -0.05) is 23.7 Å². The lowest BCUT2D eigenvalue weighted by Crippen LogP contribution is -2.32. The van der Waals surface area contributed by atoms with Gasteiger partial charge in [0.05, 0.1) is 11.4 Å². The minimum atomic E-state index is -0.642. The minimum absolute atomic E-state index is 0.0752. The largest absolute Gasteiger partial charge is 0.347 e. The summed E-state index contributed by atoms with van der Waals surface area (Å²) in [5, 5.41) is 2.34. The molecule has 2 aromatic carbocycles. The fourth-order valence-corrected chi connectivity index (χ4v) is 2.71. The minimum Gasteiger partial charge on any atom is -0.347 e. The predicted octanol–water partition coefficient (Wildman–Crippen LogP) is 3.87. The molecule has 0 bridgehead atoms. The van der Waals surface area contributed by atoms with Gasteiger partial charge in [0.25, 0.3) is 11.8 Å². The Balaban J connectivity index is 1.93. The normalized spacial score (nSPS) is 14.7. The van der Waals surface area contributed by atoms with Gasteiger partial charge in [0.2, 0.25) is 0 Å². The van der Waals surface area contributed by atoms with Crippen molar-refractivity contribution < 1.29 is 14.0 Å². The highest BCUT2D eigenvalue weighted by atomic mass is 127. The molecule has 1 aliphatic rings. The van der Waals surface area contributed by atoms with Gasteiger partial charge in [0, 0.05) is 3.57 Å². The van der Waals surface area contributed by atoms with Crippen LogP contribution in [0.3, 0.4) is 0 Å². The van der Waals surface area contributed by atoms with Gasteiger partial charge in [-0.15, -0.1) is 0 Å². The third-order valence-corrected chi connectivity index (χ3v) is 4.32. The molecule has 0 fully saturated rings. The Kier molecular flexibility index (Phi) is 4.36. The van der Waals surface area contributed by atoms with Gasteiger partial charge in [-0.05, 0) is 59.0 Å². The van der Waals surface area contributed by atoms with Crippen molar-refractivity contribution in [3.63, 3.8) is 0 Å². The maximum atomic E-state index is 13.7. The van der Waals surface area contributed by atoms with Crippen molar-refractivity contribution in [3.8, 4) is 0 Å². The van der Waals surface area contributed by atoms with E-state index in [2.05, 4.69) is 27.9 Å². The zero-order chi connectivity index (χ0) is 16.6. The zero-order valence-corrected chi connectivity index (χ0v) is 14.4. The van der Waals surface area contributed by atoms with Crippen LogP contribution in [-0.4, -0.2) is 11.8 Å². The van der Waals surface area contributed by atoms with Crippen LogP contribution in [0.15, 0.2) is 59.3 Å². The van der Waals surface area contributed by atoms with Crippen molar-refractivity contribution in [1.29, 1.82) is 0 Å². The molecule has 1 N–H and O–H groups in total. The van der Waals surface area contributed by atoms with Crippen molar-refractivity contribution in [1.82, 2.24) is 0 Å². The third kappa shape index (κ3) is 2.96. The number of hydrogen-bond donors (Lipinski definition) is 1. The Morgan fingerprint density at radius 3 is 2.30 bits per heavy atom. The van der Waals surface area contributed by atoms with Crippen LogP contribution in [0.4, 0.5) is 15.8 Å². The van der Waals surface area contributed by atoms with E-state index >= 15 is 0 Å². The maximum Gasteiger partial charge on any atom is 0.283 e. The number of nitrogens with zero attached hydrogens (tertiary/aromatic N) is 1. The highest BCUT2D eigenvalue weighted by Gasteiger charge is 2.39. The van der Waals surface area contributed by atoms with Crippen LogP contribution in [-0.2, 0) is 9.59 Å². The van der Waals surface area contributed by atoms with E-state index in [0.717, 1.165) is 8.47 Å². The molecule has 0 spiro atoms. The summed E-state index contributed by atoms with van der Waals surface area (Å²) in [6.07, 6.45) is 0. The number of halogens is 3. The number of carbonyl (C=O) groups excluding carboxylic acids is 2. The first-order chi connectivity index (χ1) is 11.0. The van der Waals surface area contributed by atoms with Gasteiger partial charge in [0.15, 0.2) is 0 Å². The van der Waals surface area contributed by atoms with Crippen molar-refractivity contribution in [3.05, 3.63) is 68.6 Å². The molecule has 7 heteroatoms. The van der Waals surface area contributed by atoms with Crippen molar-refractivity contribution >= 4 is 57.4 Å². The van der Waals surface area contributed by atoms with Crippen LogP contribution >= 0.6 is 34.2 Å². The molecule has 2 aromatic rings. The first kappa shape index (κ1) is 15.9. The Bertz CT molecular complexity index is 836. The monoisotopic (exact) mass is 442 g/mol. The molecule has 2 amide bonds. The molecule has 0 saturated heterocycles. The lowest BCUT2D eigenvalue weighted by atomic mass is 10.3. The summed E-state index contributed by atoms with van der Waals surface area (Å²) in [5.41, 5.74) is 0.343. The van der Waals surface area contributed by atoms with Crippen molar-refractivity contribution in [2.24, 2.45) is 0 Å². The fourth-order valence-electron chi connectivity index (χ4n) is 2.13. The number of benzene rings is 2. The summed E-state index contributed by atoms with van der Waals surface area (Å²) >= 11 is 8.10. The number of anilines is 2. The third-order valence-electron chi connectivity index (χ3n) is 3.25.